The van der Waals surface area contributed by atoms with E-state index >= 15 is 0 Å². The number of aromatic nitrogens is 2. The SMILES string of the molecule is Cc1cnn2c1-c1cc(F)ccc1C2. The van der Waals surface area contributed by atoms with Crippen molar-refractivity contribution in [1.82, 2.24) is 9.78 Å². The number of halogens is 1. The molecule has 0 saturated carbocycles. The van der Waals surface area contributed by atoms with E-state index in [1.807, 2.05) is 23.9 Å². The average molecular weight is 188 g/mol. The first-order valence-corrected chi connectivity index (χ1v) is 4.57. The third-order valence-electron chi connectivity index (χ3n) is 2.67. The van der Waals surface area contributed by atoms with Gasteiger partial charge in [0.05, 0.1) is 18.4 Å². The molecule has 1 aliphatic rings. The Labute approximate surface area is 81.0 Å². The maximum Gasteiger partial charge on any atom is 0.123 e. The Hall–Kier alpha value is -1.64. The van der Waals surface area contributed by atoms with E-state index in [1.165, 1.54) is 6.07 Å². The van der Waals surface area contributed by atoms with Gasteiger partial charge < -0.3 is 0 Å². The summed E-state index contributed by atoms with van der Waals surface area (Å²) in [5.41, 5.74) is 4.30. The first-order valence-electron chi connectivity index (χ1n) is 4.57. The maximum absolute atomic E-state index is 13.1. The molecule has 3 heteroatoms. The number of aryl methyl sites for hydroxylation is 1. The van der Waals surface area contributed by atoms with Gasteiger partial charge in [-0.1, -0.05) is 6.07 Å². The molecule has 0 N–H and O–H groups in total. The van der Waals surface area contributed by atoms with Crippen molar-refractivity contribution in [2.45, 2.75) is 13.5 Å². The van der Waals surface area contributed by atoms with E-state index in [2.05, 4.69) is 5.10 Å². The smallest absolute Gasteiger partial charge is 0.123 e. The number of fused-ring (bicyclic) bond motifs is 3. The van der Waals surface area contributed by atoms with Crippen LogP contribution in [0.15, 0.2) is 24.4 Å². The minimum absolute atomic E-state index is 0.183. The fraction of sp³-hybridized carbons (Fsp3) is 0.182. The van der Waals surface area contributed by atoms with Gasteiger partial charge in [0.25, 0.3) is 0 Å². The van der Waals surface area contributed by atoms with Crippen molar-refractivity contribution in [2.75, 3.05) is 0 Å². The Morgan fingerprint density at radius 3 is 3.14 bits per heavy atom. The molecule has 2 aromatic rings. The summed E-state index contributed by atoms with van der Waals surface area (Å²) in [4.78, 5) is 0. The van der Waals surface area contributed by atoms with Crippen LogP contribution in [0.5, 0.6) is 0 Å². The summed E-state index contributed by atoms with van der Waals surface area (Å²) in [6.07, 6.45) is 1.82. The van der Waals surface area contributed by atoms with Crippen molar-refractivity contribution in [3.05, 3.63) is 41.3 Å². The van der Waals surface area contributed by atoms with Crippen LogP contribution in [0.25, 0.3) is 11.3 Å². The summed E-state index contributed by atoms with van der Waals surface area (Å²) in [5, 5.41) is 4.23. The van der Waals surface area contributed by atoms with Gasteiger partial charge in [0.2, 0.25) is 0 Å². The van der Waals surface area contributed by atoms with E-state index in [0.29, 0.717) is 0 Å². The fourth-order valence-corrected chi connectivity index (χ4v) is 2.02. The molecule has 70 valence electrons. The van der Waals surface area contributed by atoms with Crippen molar-refractivity contribution in [3.8, 4) is 11.3 Å². The summed E-state index contributed by atoms with van der Waals surface area (Å²) in [6, 6.07) is 4.92. The number of nitrogens with zero attached hydrogens (tertiary/aromatic N) is 2. The second-order valence-corrected chi connectivity index (χ2v) is 3.64. The lowest BCUT2D eigenvalue weighted by atomic mass is 10.1. The molecule has 0 aliphatic carbocycles. The molecule has 0 spiro atoms. The van der Waals surface area contributed by atoms with Crippen LogP contribution in [0.2, 0.25) is 0 Å². The molecule has 0 amide bonds. The molecule has 0 saturated heterocycles. The van der Waals surface area contributed by atoms with Crippen LogP contribution >= 0.6 is 0 Å². The van der Waals surface area contributed by atoms with Crippen LogP contribution < -0.4 is 0 Å². The second-order valence-electron chi connectivity index (χ2n) is 3.64. The molecule has 0 atom stereocenters. The predicted octanol–water partition coefficient (Wildman–Crippen LogP) is 2.36. The van der Waals surface area contributed by atoms with Gasteiger partial charge >= 0.3 is 0 Å². The Morgan fingerprint density at radius 1 is 1.43 bits per heavy atom. The Morgan fingerprint density at radius 2 is 2.29 bits per heavy atom. The van der Waals surface area contributed by atoms with E-state index in [1.54, 1.807) is 6.07 Å². The summed E-state index contributed by atoms with van der Waals surface area (Å²) in [7, 11) is 0. The second kappa shape index (κ2) is 2.44. The zero-order valence-electron chi connectivity index (χ0n) is 7.79. The van der Waals surface area contributed by atoms with Gasteiger partial charge in [-0.3, -0.25) is 4.68 Å². The molecule has 2 nitrogen and oxygen atoms in total. The molecular weight excluding hydrogens is 179 g/mol. The molecule has 0 fully saturated rings. The van der Waals surface area contributed by atoms with Crippen LogP contribution in [0, 0.1) is 12.7 Å². The molecule has 0 radical (unpaired) electrons. The zero-order chi connectivity index (χ0) is 9.71. The zero-order valence-corrected chi connectivity index (χ0v) is 7.79. The molecule has 1 aromatic carbocycles. The normalized spacial score (nSPS) is 12.7. The largest absolute Gasteiger partial charge is 0.260 e. The van der Waals surface area contributed by atoms with Crippen molar-refractivity contribution in [3.63, 3.8) is 0 Å². The van der Waals surface area contributed by atoms with Crippen molar-refractivity contribution < 1.29 is 4.39 Å². The average Bonchev–Trinajstić information content (AvgIpc) is 2.67. The highest BCUT2D eigenvalue weighted by molar-refractivity contribution is 5.70. The van der Waals surface area contributed by atoms with E-state index in [-0.39, 0.29) is 5.82 Å². The Bertz CT molecular complexity index is 514. The minimum atomic E-state index is -0.183. The van der Waals surface area contributed by atoms with Crippen molar-refractivity contribution >= 4 is 0 Å². The number of hydrogen-bond donors (Lipinski definition) is 0. The number of rotatable bonds is 0. The van der Waals surface area contributed by atoms with E-state index < -0.39 is 0 Å². The summed E-state index contributed by atoms with van der Waals surface area (Å²) < 4.78 is 15.0. The summed E-state index contributed by atoms with van der Waals surface area (Å²) >= 11 is 0. The first kappa shape index (κ1) is 7.74. The van der Waals surface area contributed by atoms with Crippen molar-refractivity contribution in [2.24, 2.45) is 0 Å². The monoisotopic (exact) mass is 188 g/mol. The molecular formula is C11H9FN2. The van der Waals surface area contributed by atoms with Gasteiger partial charge in [0.1, 0.15) is 5.82 Å². The van der Waals surface area contributed by atoms with E-state index in [0.717, 1.165) is 28.9 Å². The predicted molar refractivity (Wildman–Crippen MR) is 51.5 cm³/mol. The van der Waals surface area contributed by atoms with Crippen LogP contribution in [-0.2, 0) is 6.54 Å². The number of benzene rings is 1. The van der Waals surface area contributed by atoms with Gasteiger partial charge in [-0.05, 0) is 30.2 Å². The third kappa shape index (κ3) is 0.867. The Balaban J connectivity index is 2.33. The number of hydrogen-bond acceptors (Lipinski definition) is 1. The Kier molecular flexibility index (Phi) is 1.35. The fourth-order valence-electron chi connectivity index (χ4n) is 2.02. The lowest BCUT2D eigenvalue weighted by Crippen LogP contribution is -1.93. The molecule has 3 rings (SSSR count). The van der Waals surface area contributed by atoms with Crippen LogP contribution in [0.1, 0.15) is 11.1 Å². The molecule has 0 bridgehead atoms. The van der Waals surface area contributed by atoms with Gasteiger partial charge in [-0.2, -0.15) is 5.10 Å². The van der Waals surface area contributed by atoms with Gasteiger partial charge in [0, 0.05) is 5.56 Å². The van der Waals surface area contributed by atoms with Crippen LogP contribution in [0.3, 0.4) is 0 Å². The van der Waals surface area contributed by atoms with E-state index in [4.69, 9.17) is 0 Å². The summed E-state index contributed by atoms with van der Waals surface area (Å²) in [5.74, 6) is -0.183. The molecule has 1 aromatic heterocycles. The van der Waals surface area contributed by atoms with Gasteiger partial charge in [0.15, 0.2) is 0 Å². The van der Waals surface area contributed by atoms with Gasteiger partial charge in [-0.15, -0.1) is 0 Å². The molecule has 14 heavy (non-hydrogen) atoms. The highest BCUT2D eigenvalue weighted by Gasteiger charge is 2.21. The highest BCUT2D eigenvalue weighted by Crippen LogP contribution is 2.33. The quantitative estimate of drug-likeness (QED) is 0.529. The van der Waals surface area contributed by atoms with Crippen molar-refractivity contribution in [1.29, 1.82) is 0 Å². The lowest BCUT2D eigenvalue weighted by Gasteiger charge is -1.98. The summed E-state index contributed by atoms with van der Waals surface area (Å²) in [6.45, 7) is 2.76. The minimum Gasteiger partial charge on any atom is -0.260 e. The maximum atomic E-state index is 13.1. The van der Waals surface area contributed by atoms with Crippen LogP contribution in [0.4, 0.5) is 4.39 Å². The lowest BCUT2D eigenvalue weighted by molar-refractivity contribution is 0.628. The first-order chi connectivity index (χ1) is 6.75. The van der Waals surface area contributed by atoms with Gasteiger partial charge in [-0.25, -0.2) is 4.39 Å². The molecule has 0 unspecified atom stereocenters. The third-order valence-corrected chi connectivity index (χ3v) is 2.67. The highest BCUT2D eigenvalue weighted by atomic mass is 19.1. The molecule has 1 aliphatic heterocycles. The topological polar surface area (TPSA) is 17.8 Å². The van der Waals surface area contributed by atoms with E-state index in [9.17, 15) is 4.39 Å². The standard InChI is InChI=1S/C11H9FN2/c1-7-5-13-14-6-8-2-3-9(12)4-10(8)11(7)14/h2-5H,6H2,1H3. The molecule has 2 heterocycles. The van der Waals surface area contributed by atoms with Crippen LogP contribution in [-0.4, -0.2) is 9.78 Å².